The van der Waals surface area contributed by atoms with E-state index >= 15 is 0 Å². The van der Waals surface area contributed by atoms with E-state index in [0.29, 0.717) is 0 Å². The maximum atomic E-state index is 11.4. The third kappa shape index (κ3) is 1.38. The molecule has 0 bridgehead atoms. The lowest BCUT2D eigenvalue weighted by molar-refractivity contribution is -0.155. The maximum Gasteiger partial charge on any atom is 0.321 e. The van der Waals surface area contributed by atoms with Crippen molar-refractivity contribution in [2.45, 2.75) is 31.8 Å². The molecular formula is C10H14O4. The van der Waals surface area contributed by atoms with Gasteiger partial charge >= 0.3 is 11.9 Å². The molecular weight excluding hydrogens is 184 g/mol. The highest BCUT2D eigenvalue weighted by atomic mass is 16.6. The largest absolute Gasteiger partial charge is 0.468 e. The Morgan fingerprint density at radius 3 is 2.86 bits per heavy atom. The molecule has 14 heavy (non-hydrogen) atoms. The smallest absolute Gasteiger partial charge is 0.321 e. The van der Waals surface area contributed by atoms with Gasteiger partial charge in [-0.3, -0.25) is 9.59 Å². The second-order valence-corrected chi connectivity index (χ2v) is 3.92. The van der Waals surface area contributed by atoms with Crippen molar-refractivity contribution >= 4 is 11.9 Å². The van der Waals surface area contributed by atoms with E-state index < -0.39 is 17.9 Å². The summed E-state index contributed by atoms with van der Waals surface area (Å²) in [5.74, 6) is -1.44. The summed E-state index contributed by atoms with van der Waals surface area (Å²) >= 11 is 0. The van der Waals surface area contributed by atoms with E-state index in [0.717, 1.165) is 25.7 Å². The fraction of sp³-hybridized carbons (Fsp3) is 0.800. The molecule has 1 aliphatic carbocycles. The van der Waals surface area contributed by atoms with Crippen molar-refractivity contribution in [2.24, 2.45) is 11.8 Å². The van der Waals surface area contributed by atoms with E-state index in [2.05, 4.69) is 4.74 Å². The predicted molar refractivity (Wildman–Crippen MR) is 47.3 cm³/mol. The SMILES string of the molecule is COC(=O)C1C(=O)O[C@@H]2CCCC[C@H]12. The first-order valence-electron chi connectivity index (χ1n) is 5.02. The second kappa shape index (κ2) is 3.59. The van der Waals surface area contributed by atoms with Gasteiger partial charge in [0.15, 0.2) is 5.92 Å². The molecule has 1 saturated heterocycles. The van der Waals surface area contributed by atoms with Crippen LogP contribution in [0.25, 0.3) is 0 Å². The lowest BCUT2D eigenvalue weighted by Crippen LogP contribution is -2.30. The average Bonchev–Trinajstić information content (AvgIpc) is 2.53. The number of ether oxygens (including phenoxy) is 2. The molecule has 0 amide bonds. The monoisotopic (exact) mass is 198 g/mol. The van der Waals surface area contributed by atoms with Gasteiger partial charge in [0.25, 0.3) is 0 Å². The van der Waals surface area contributed by atoms with Gasteiger partial charge in [-0.05, 0) is 19.3 Å². The molecule has 1 heterocycles. The van der Waals surface area contributed by atoms with Crippen LogP contribution in [0.15, 0.2) is 0 Å². The van der Waals surface area contributed by atoms with Crippen molar-refractivity contribution in [1.29, 1.82) is 0 Å². The summed E-state index contributed by atoms with van der Waals surface area (Å²) in [7, 11) is 1.31. The molecule has 1 unspecified atom stereocenters. The molecule has 0 aromatic rings. The predicted octanol–water partition coefficient (Wildman–Crippen LogP) is 0.891. The number of carbonyl (C=O) groups is 2. The van der Waals surface area contributed by atoms with Gasteiger partial charge in [-0.2, -0.15) is 0 Å². The number of fused-ring (bicyclic) bond motifs is 1. The summed E-state index contributed by atoms with van der Waals surface area (Å²) in [5.41, 5.74) is 0. The fourth-order valence-corrected chi connectivity index (χ4v) is 2.45. The minimum atomic E-state index is -0.662. The van der Waals surface area contributed by atoms with E-state index in [4.69, 9.17) is 4.74 Å². The Hall–Kier alpha value is -1.06. The molecule has 1 saturated carbocycles. The van der Waals surface area contributed by atoms with Crippen molar-refractivity contribution in [2.75, 3.05) is 7.11 Å². The summed E-state index contributed by atoms with van der Waals surface area (Å²) < 4.78 is 9.77. The van der Waals surface area contributed by atoms with Crippen LogP contribution in [-0.4, -0.2) is 25.2 Å². The Kier molecular flexibility index (Phi) is 2.44. The molecule has 1 aliphatic heterocycles. The van der Waals surface area contributed by atoms with Gasteiger partial charge in [-0.15, -0.1) is 0 Å². The minimum absolute atomic E-state index is 0.0413. The van der Waals surface area contributed by atoms with E-state index in [9.17, 15) is 9.59 Å². The first-order chi connectivity index (χ1) is 6.74. The molecule has 0 aromatic heterocycles. The highest BCUT2D eigenvalue weighted by Crippen LogP contribution is 2.39. The molecule has 4 nitrogen and oxygen atoms in total. The number of rotatable bonds is 1. The van der Waals surface area contributed by atoms with E-state index in [1.807, 2.05) is 0 Å². The van der Waals surface area contributed by atoms with Crippen molar-refractivity contribution in [3.8, 4) is 0 Å². The van der Waals surface area contributed by atoms with Crippen LogP contribution >= 0.6 is 0 Å². The Bertz CT molecular complexity index is 261. The molecule has 3 atom stereocenters. The lowest BCUT2D eigenvalue weighted by atomic mass is 9.80. The normalized spacial score (nSPS) is 36.1. The minimum Gasteiger partial charge on any atom is -0.468 e. The average molecular weight is 198 g/mol. The second-order valence-electron chi connectivity index (χ2n) is 3.92. The molecule has 0 radical (unpaired) electrons. The summed E-state index contributed by atoms with van der Waals surface area (Å²) in [4.78, 5) is 22.8. The van der Waals surface area contributed by atoms with E-state index in [1.54, 1.807) is 0 Å². The Balaban J connectivity index is 2.15. The van der Waals surface area contributed by atoms with E-state index in [-0.39, 0.29) is 12.0 Å². The maximum absolute atomic E-state index is 11.4. The van der Waals surface area contributed by atoms with E-state index in [1.165, 1.54) is 7.11 Å². The number of hydrogen-bond acceptors (Lipinski definition) is 4. The lowest BCUT2D eigenvalue weighted by Gasteiger charge is -2.24. The van der Waals surface area contributed by atoms with Crippen LogP contribution in [0, 0.1) is 11.8 Å². The van der Waals surface area contributed by atoms with Crippen molar-refractivity contribution < 1.29 is 19.1 Å². The number of methoxy groups -OCH3 is 1. The zero-order chi connectivity index (χ0) is 10.1. The zero-order valence-corrected chi connectivity index (χ0v) is 8.19. The molecule has 78 valence electrons. The van der Waals surface area contributed by atoms with Gasteiger partial charge in [0.05, 0.1) is 7.11 Å². The van der Waals surface area contributed by atoms with Crippen molar-refractivity contribution in [3.05, 3.63) is 0 Å². The van der Waals surface area contributed by atoms with Gasteiger partial charge in [0, 0.05) is 5.92 Å². The first-order valence-corrected chi connectivity index (χ1v) is 5.02. The summed E-state index contributed by atoms with van der Waals surface area (Å²) in [6.45, 7) is 0. The van der Waals surface area contributed by atoms with Crippen LogP contribution in [0.3, 0.4) is 0 Å². The summed E-state index contributed by atoms with van der Waals surface area (Å²) in [6.07, 6.45) is 3.91. The van der Waals surface area contributed by atoms with Crippen LogP contribution < -0.4 is 0 Å². The Morgan fingerprint density at radius 1 is 1.43 bits per heavy atom. The van der Waals surface area contributed by atoms with Gasteiger partial charge < -0.3 is 9.47 Å². The molecule has 0 N–H and O–H groups in total. The van der Waals surface area contributed by atoms with Crippen LogP contribution in [0.1, 0.15) is 25.7 Å². The Morgan fingerprint density at radius 2 is 2.14 bits per heavy atom. The number of esters is 2. The van der Waals surface area contributed by atoms with Crippen LogP contribution in [-0.2, 0) is 19.1 Å². The standard InChI is InChI=1S/C10H14O4/c1-13-9(11)8-6-4-2-3-5-7(6)14-10(8)12/h6-8H,2-5H2,1H3/t6-,7+,8?/m0/s1. The van der Waals surface area contributed by atoms with Gasteiger partial charge in [0.2, 0.25) is 0 Å². The quantitative estimate of drug-likeness (QED) is 0.464. The molecule has 2 rings (SSSR count). The van der Waals surface area contributed by atoms with Gasteiger partial charge in [-0.25, -0.2) is 0 Å². The molecule has 2 aliphatic rings. The molecule has 2 fully saturated rings. The first kappa shape index (κ1) is 9.49. The number of carbonyl (C=O) groups excluding carboxylic acids is 2. The van der Waals surface area contributed by atoms with Crippen molar-refractivity contribution in [1.82, 2.24) is 0 Å². The Labute approximate surface area is 82.6 Å². The van der Waals surface area contributed by atoms with Gasteiger partial charge in [0.1, 0.15) is 6.10 Å². The van der Waals surface area contributed by atoms with Crippen LogP contribution in [0.5, 0.6) is 0 Å². The van der Waals surface area contributed by atoms with Crippen molar-refractivity contribution in [3.63, 3.8) is 0 Å². The molecule has 4 heteroatoms. The van der Waals surface area contributed by atoms with Crippen LogP contribution in [0.2, 0.25) is 0 Å². The molecule has 0 spiro atoms. The third-order valence-corrected chi connectivity index (χ3v) is 3.16. The number of hydrogen-bond donors (Lipinski definition) is 0. The highest BCUT2D eigenvalue weighted by molar-refractivity contribution is 5.96. The molecule has 0 aromatic carbocycles. The third-order valence-electron chi connectivity index (χ3n) is 3.16. The van der Waals surface area contributed by atoms with Crippen LogP contribution in [0.4, 0.5) is 0 Å². The fourth-order valence-electron chi connectivity index (χ4n) is 2.45. The summed E-state index contributed by atoms with van der Waals surface area (Å²) in [6, 6.07) is 0. The summed E-state index contributed by atoms with van der Waals surface area (Å²) in [5, 5.41) is 0. The zero-order valence-electron chi connectivity index (χ0n) is 8.19. The topological polar surface area (TPSA) is 52.6 Å². The highest BCUT2D eigenvalue weighted by Gasteiger charge is 2.49. The van der Waals surface area contributed by atoms with Gasteiger partial charge in [-0.1, -0.05) is 6.42 Å².